The molecule has 2 rings (SSSR count). The second kappa shape index (κ2) is 7.55. The van der Waals surface area contributed by atoms with Crippen LogP contribution in [-0.2, 0) is 6.42 Å². The van der Waals surface area contributed by atoms with Crippen LogP contribution in [0.5, 0.6) is 0 Å². The summed E-state index contributed by atoms with van der Waals surface area (Å²) in [5.41, 5.74) is 13.5. The van der Waals surface area contributed by atoms with Crippen molar-refractivity contribution in [3.8, 4) is 0 Å². The van der Waals surface area contributed by atoms with Gasteiger partial charge in [-0.1, -0.05) is 13.0 Å². The summed E-state index contributed by atoms with van der Waals surface area (Å²) in [6.07, 6.45) is 2.38. The van der Waals surface area contributed by atoms with Crippen LogP contribution in [0.4, 0.5) is 17.2 Å². The Kier molecular flexibility index (Phi) is 5.48. The molecule has 0 saturated heterocycles. The second-order valence-corrected chi connectivity index (χ2v) is 5.34. The van der Waals surface area contributed by atoms with E-state index in [1.165, 1.54) is 0 Å². The summed E-state index contributed by atoms with van der Waals surface area (Å²) in [6.45, 7) is 4.53. The number of amides is 1. The zero-order valence-electron chi connectivity index (χ0n) is 13.3. The zero-order chi connectivity index (χ0) is 16.8. The van der Waals surface area contributed by atoms with E-state index in [0.29, 0.717) is 18.1 Å². The lowest BCUT2D eigenvalue weighted by Crippen LogP contribution is -2.25. The van der Waals surface area contributed by atoms with Gasteiger partial charge in [-0.25, -0.2) is 9.97 Å². The summed E-state index contributed by atoms with van der Waals surface area (Å²) >= 11 is 0. The monoisotopic (exact) mass is 314 g/mol. The van der Waals surface area contributed by atoms with Gasteiger partial charge in [0, 0.05) is 18.3 Å². The molecule has 0 saturated carbocycles. The van der Waals surface area contributed by atoms with Crippen LogP contribution in [0.15, 0.2) is 30.5 Å². The van der Waals surface area contributed by atoms with E-state index in [4.69, 9.17) is 11.5 Å². The number of hydrogen-bond donors (Lipinski definition) is 4. The van der Waals surface area contributed by atoms with Gasteiger partial charge in [0.15, 0.2) is 5.69 Å². The largest absolute Gasteiger partial charge is 0.382 e. The van der Waals surface area contributed by atoms with Gasteiger partial charge in [0.25, 0.3) is 5.91 Å². The third-order valence-corrected chi connectivity index (χ3v) is 3.18. The Morgan fingerprint density at radius 3 is 2.83 bits per heavy atom. The maximum Gasteiger partial charge on any atom is 0.269 e. The Hall–Kier alpha value is -2.67. The van der Waals surface area contributed by atoms with Gasteiger partial charge in [-0.15, -0.1) is 0 Å². The molecule has 0 bridgehead atoms. The molecule has 7 heteroatoms. The number of aromatic nitrogens is 2. The van der Waals surface area contributed by atoms with Crippen molar-refractivity contribution < 1.29 is 4.79 Å². The van der Waals surface area contributed by atoms with Gasteiger partial charge < -0.3 is 22.1 Å². The summed E-state index contributed by atoms with van der Waals surface area (Å²) in [5, 5.41) is 6.27. The number of primary amides is 1. The number of pyridine rings is 2. The van der Waals surface area contributed by atoms with E-state index < -0.39 is 5.91 Å². The van der Waals surface area contributed by atoms with Crippen molar-refractivity contribution in [2.24, 2.45) is 11.5 Å². The number of rotatable bonds is 7. The number of carbonyl (C=O) groups is 1. The van der Waals surface area contributed by atoms with Crippen LogP contribution in [0, 0.1) is 0 Å². The molecule has 122 valence electrons. The van der Waals surface area contributed by atoms with Crippen LogP contribution in [0.2, 0.25) is 0 Å². The van der Waals surface area contributed by atoms with Crippen LogP contribution >= 0.6 is 0 Å². The molecule has 0 aliphatic rings. The molecule has 0 aliphatic heterocycles. The molecule has 23 heavy (non-hydrogen) atoms. The Bertz CT molecular complexity index is 686. The third kappa shape index (κ3) is 4.65. The summed E-state index contributed by atoms with van der Waals surface area (Å²) in [6, 6.07) is 7.45. The average Bonchev–Trinajstić information content (AvgIpc) is 2.53. The highest BCUT2D eigenvalue weighted by Gasteiger charge is 2.12. The number of aryl methyl sites for hydroxylation is 1. The smallest absolute Gasteiger partial charge is 0.269 e. The van der Waals surface area contributed by atoms with Gasteiger partial charge in [0.05, 0.1) is 17.6 Å². The molecule has 0 radical (unpaired) electrons. The fourth-order valence-electron chi connectivity index (χ4n) is 2.02. The van der Waals surface area contributed by atoms with Crippen LogP contribution in [-0.4, -0.2) is 28.5 Å². The topological polar surface area (TPSA) is 119 Å². The first-order valence-corrected chi connectivity index (χ1v) is 7.52. The van der Waals surface area contributed by atoms with Crippen molar-refractivity contribution in [2.75, 3.05) is 17.2 Å². The van der Waals surface area contributed by atoms with Gasteiger partial charge in [0.2, 0.25) is 0 Å². The summed E-state index contributed by atoms with van der Waals surface area (Å²) in [5.74, 6) is 0.0379. The molecule has 7 nitrogen and oxygen atoms in total. The molecule has 2 aromatic rings. The minimum Gasteiger partial charge on any atom is -0.382 e. The van der Waals surface area contributed by atoms with Gasteiger partial charge in [-0.3, -0.25) is 4.79 Å². The SMILES string of the molecule is CCc1cccc(Nc2cc(NC[C@H](C)N)cnc2C(N)=O)n1. The first-order valence-electron chi connectivity index (χ1n) is 7.52. The van der Waals surface area contributed by atoms with Crippen LogP contribution < -0.4 is 22.1 Å². The highest BCUT2D eigenvalue weighted by molar-refractivity contribution is 5.97. The predicted molar refractivity (Wildman–Crippen MR) is 91.8 cm³/mol. The number of nitrogens with two attached hydrogens (primary N) is 2. The quantitative estimate of drug-likeness (QED) is 0.617. The van der Waals surface area contributed by atoms with E-state index in [1.54, 1.807) is 12.3 Å². The normalized spacial score (nSPS) is 11.8. The Balaban J connectivity index is 2.29. The Labute approximate surface area is 135 Å². The lowest BCUT2D eigenvalue weighted by Gasteiger charge is -2.13. The standard InChI is InChI=1S/C16H22N6O/c1-3-11-5-4-6-14(21-11)22-13-7-12(19-8-10(2)17)9-20-15(13)16(18)23/h4-7,9-10,19H,3,8,17H2,1-2H3,(H2,18,23)(H,21,22)/t10-/m0/s1. The molecule has 2 aromatic heterocycles. The molecular formula is C16H22N6O. The van der Waals surface area contributed by atoms with E-state index in [2.05, 4.69) is 20.6 Å². The average molecular weight is 314 g/mol. The molecule has 0 fully saturated rings. The van der Waals surface area contributed by atoms with Crippen molar-refractivity contribution in [3.05, 3.63) is 41.9 Å². The number of hydrogen-bond acceptors (Lipinski definition) is 6. The number of nitrogens with zero attached hydrogens (tertiary/aromatic N) is 2. The summed E-state index contributed by atoms with van der Waals surface area (Å²) in [4.78, 5) is 20.2. The van der Waals surface area contributed by atoms with Gasteiger partial charge >= 0.3 is 0 Å². The maximum atomic E-state index is 11.6. The minimum absolute atomic E-state index is 0.00475. The first kappa shape index (κ1) is 16.7. The van der Waals surface area contributed by atoms with Crippen molar-refractivity contribution in [3.63, 3.8) is 0 Å². The van der Waals surface area contributed by atoms with Gasteiger partial charge in [-0.2, -0.15) is 0 Å². The van der Waals surface area contributed by atoms with Crippen LogP contribution in [0.25, 0.3) is 0 Å². The molecule has 0 unspecified atom stereocenters. The molecule has 6 N–H and O–H groups in total. The zero-order valence-corrected chi connectivity index (χ0v) is 13.3. The van der Waals surface area contributed by atoms with E-state index in [-0.39, 0.29) is 11.7 Å². The highest BCUT2D eigenvalue weighted by atomic mass is 16.1. The fraction of sp³-hybridized carbons (Fsp3) is 0.312. The lowest BCUT2D eigenvalue weighted by molar-refractivity contribution is 0.0996. The number of carbonyl (C=O) groups excluding carboxylic acids is 1. The van der Waals surface area contributed by atoms with Gasteiger partial charge in [0.1, 0.15) is 5.82 Å². The molecule has 2 heterocycles. The molecule has 0 aromatic carbocycles. The predicted octanol–water partition coefficient (Wildman–Crippen LogP) is 1.64. The molecule has 1 atom stereocenters. The third-order valence-electron chi connectivity index (χ3n) is 3.18. The second-order valence-electron chi connectivity index (χ2n) is 5.34. The van der Waals surface area contributed by atoms with E-state index >= 15 is 0 Å². The van der Waals surface area contributed by atoms with Crippen molar-refractivity contribution in [1.29, 1.82) is 0 Å². The highest BCUT2D eigenvalue weighted by Crippen LogP contribution is 2.22. The van der Waals surface area contributed by atoms with E-state index in [9.17, 15) is 4.79 Å². The van der Waals surface area contributed by atoms with Crippen molar-refractivity contribution in [2.45, 2.75) is 26.3 Å². The summed E-state index contributed by atoms with van der Waals surface area (Å²) in [7, 11) is 0. The van der Waals surface area contributed by atoms with E-state index in [1.807, 2.05) is 32.0 Å². The molecule has 0 aliphatic carbocycles. The van der Waals surface area contributed by atoms with E-state index in [0.717, 1.165) is 17.8 Å². The van der Waals surface area contributed by atoms with Crippen molar-refractivity contribution in [1.82, 2.24) is 9.97 Å². The van der Waals surface area contributed by atoms with Crippen LogP contribution in [0.3, 0.4) is 0 Å². The minimum atomic E-state index is -0.599. The van der Waals surface area contributed by atoms with Gasteiger partial charge in [-0.05, 0) is 31.5 Å². The Morgan fingerprint density at radius 2 is 2.17 bits per heavy atom. The molecule has 1 amide bonds. The van der Waals surface area contributed by atoms with Crippen molar-refractivity contribution >= 4 is 23.1 Å². The molecular weight excluding hydrogens is 292 g/mol. The fourth-order valence-corrected chi connectivity index (χ4v) is 2.02. The Morgan fingerprint density at radius 1 is 1.39 bits per heavy atom. The lowest BCUT2D eigenvalue weighted by atomic mass is 10.2. The molecule has 0 spiro atoms. The maximum absolute atomic E-state index is 11.6. The summed E-state index contributed by atoms with van der Waals surface area (Å²) < 4.78 is 0. The van der Waals surface area contributed by atoms with Crippen LogP contribution in [0.1, 0.15) is 30.0 Å². The number of nitrogens with one attached hydrogen (secondary N) is 2. The number of anilines is 3. The first-order chi connectivity index (χ1) is 11.0.